The van der Waals surface area contributed by atoms with Crippen LogP contribution >= 0.6 is 35.7 Å². The van der Waals surface area contributed by atoms with Crippen molar-refractivity contribution in [2.45, 2.75) is 24.4 Å². The number of ether oxygens (including phenoxy) is 1. The van der Waals surface area contributed by atoms with Gasteiger partial charge < -0.3 is 20.3 Å². The Morgan fingerprint density at radius 3 is 2.65 bits per heavy atom. The summed E-state index contributed by atoms with van der Waals surface area (Å²) in [7, 11) is 1.77. The number of benzene rings is 1. The number of para-hydroxylation sites is 1. The molecule has 2 unspecified atom stereocenters. The Morgan fingerprint density at radius 1 is 1.26 bits per heavy atom. The number of morpholine rings is 1. The van der Waals surface area contributed by atoms with Gasteiger partial charge in [0.15, 0.2) is 5.96 Å². The topological polar surface area (TPSA) is 52.1 Å². The van der Waals surface area contributed by atoms with Gasteiger partial charge >= 0.3 is 0 Å². The summed E-state index contributed by atoms with van der Waals surface area (Å²) in [6.07, 6.45) is 1.96. The summed E-state index contributed by atoms with van der Waals surface area (Å²) in [6, 6.07) is 4.11. The largest absolute Gasteiger partial charge is 0.379 e. The first-order chi connectivity index (χ1) is 14.6. The molecule has 0 spiro atoms. The van der Waals surface area contributed by atoms with Crippen molar-refractivity contribution in [2.24, 2.45) is 4.99 Å². The van der Waals surface area contributed by atoms with Crippen LogP contribution in [0.25, 0.3) is 0 Å². The average molecular weight is 567 g/mol. The number of nitrogens with zero attached hydrogens (tertiary/aromatic N) is 3. The summed E-state index contributed by atoms with van der Waals surface area (Å²) >= 11 is 2.01. The molecule has 0 radical (unpaired) electrons. The van der Waals surface area contributed by atoms with E-state index in [-0.39, 0.29) is 41.2 Å². The lowest BCUT2D eigenvalue weighted by Gasteiger charge is -2.43. The molecule has 3 aliphatic heterocycles. The second-order valence-electron chi connectivity index (χ2n) is 8.20. The Hall–Kier alpha value is -0.850. The molecule has 3 aliphatic rings. The molecule has 2 N–H and O–H groups in total. The Bertz CT molecular complexity index is 739. The number of halogens is 3. The molecule has 0 aromatic heterocycles. The lowest BCUT2D eigenvalue weighted by molar-refractivity contribution is -0.0120. The molecular weight excluding hydrogens is 535 g/mol. The summed E-state index contributed by atoms with van der Waals surface area (Å²) in [5, 5.41) is 6.98. The second-order valence-corrected chi connectivity index (χ2v) is 9.30. The van der Waals surface area contributed by atoms with Crippen LogP contribution in [0, 0.1) is 11.6 Å². The molecule has 3 saturated heterocycles. The summed E-state index contributed by atoms with van der Waals surface area (Å²) < 4.78 is 33.8. The maximum atomic E-state index is 14.1. The summed E-state index contributed by atoms with van der Waals surface area (Å²) in [4.78, 5) is 8.74. The zero-order valence-electron chi connectivity index (χ0n) is 17.9. The number of hydrogen-bond donors (Lipinski definition) is 2. The van der Waals surface area contributed by atoms with Gasteiger partial charge in [0.2, 0.25) is 0 Å². The zero-order valence-corrected chi connectivity index (χ0v) is 21.1. The number of anilines is 1. The third-order valence-electron chi connectivity index (χ3n) is 6.36. The minimum atomic E-state index is -0.510. The van der Waals surface area contributed by atoms with Gasteiger partial charge in [0.1, 0.15) is 17.3 Å². The van der Waals surface area contributed by atoms with Crippen LogP contribution in [-0.2, 0) is 4.74 Å². The highest BCUT2D eigenvalue weighted by Crippen LogP contribution is 2.33. The highest BCUT2D eigenvalue weighted by Gasteiger charge is 2.40. The van der Waals surface area contributed by atoms with Gasteiger partial charge in [-0.3, -0.25) is 9.89 Å². The van der Waals surface area contributed by atoms with E-state index in [0.29, 0.717) is 13.1 Å². The molecule has 10 heteroatoms. The first-order valence-electron chi connectivity index (χ1n) is 10.7. The highest BCUT2D eigenvalue weighted by molar-refractivity contribution is 14.0. The second kappa shape index (κ2) is 11.3. The van der Waals surface area contributed by atoms with Gasteiger partial charge in [-0.2, -0.15) is 11.8 Å². The smallest absolute Gasteiger partial charge is 0.191 e. The lowest BCUT2D eigenvalue weighted by Crippen LogP contribution is -2.60. The minimum absolute atomic E-state index is 0. The molecule has 0 amide bonds. The maximum Gasteiger partial charge on any atom is 0.191 e. The molecule has 3 heterocycles. The van der Waals surface area contributed by atoms with Gasteiger partial charge in [-0.05, 0) is 30.7 Å². The molecule has 31 heavy (non-hydrogen) atoms. The maximum absolute atomic E-state index is 14.1. The molecule has 2 atom stereocenters. The van der Waals surface area contributed by atoms with E-state index in [1.54, 1.807) is 11.9 Å². The number of hydrogen-bond acceptors (Lipinski definition) is 5. The molecule has 4 rings (SSSR count). The predicted octanol–water partition coefficient (Wildman–Crippen LogP) is 2.53. The van der Waals surface area contributed by atoms with Crippen molar-refractivity contribution in [1.82, 2.24) is 15.5 Å². The fraction of sp³-hybridized carbons (Fsp3) is 0.667. The van der Waals surface area contributed by atoms with Crippen LogP contribution in [0.3, 0.4) is 0 Å². The fourth-order valence-electron chi connectivity index (χ4n) is 4.64. The molecule has 1 aromatic rings. The summed E-state index contributed by atoms with van der Waals surface area (Å²) in [5.41, 5.74) is 0.198. The van der Waals surface area contributed by atoms with Gasteiger partial charge in [-0.15, -0.1) is 24.0 Å². The van der Waals surface area contributed by atoms with E-state index in [9.17, 15) is 8.78 Å². The number of thioether (sulfide) groups is 1. The van der Waals surface area contributed by atoms with E-state index in [1.165, 1.54) is 24.0 Å². The molecule has 0 saturated carbocycles. The van der Waals surface area contributed by atoms with Crippen molar-refractivity contribution in [3.05, 3.63) is 29.8 Å². The fourth-order valence-corrected chi connectivity index (χ4v) is 6.12. The van der Waals surface area contributed by atoms with E-state index in [4.69, 9.17) is 4.74 Å². The van der Waals surface area contributed by atoms with Gasteiger partial charge in [0, 0.05) is 57.1 Å². The Morgan fingerprint density at radius 2 is 2.00 bits per heavy atom. The van der Waals surface area contributed by atoms with Crippen LogP contribution in [0.2, 0.25) is 0 Å². The molecule has 0 aliphatic carbocycles. The third-order valence-corrected chi connectivity index (χ3v) is 7.59. The quantitative estimate of drug-likeness (QED) is 0.324. The van der Waals surface area contributed by atoms with E-state index < -0.39 is 11.6 Å². The molecule has 6 nitrogen and oxygen atoms in total. The van der Waals surface area contributed by atoms with Crippen molar-refractivity contribution < 1.29 is 13.5 Å². The standard InChI is InChI=1S/C21H31F2N5OS.HI/c1-24-20(25-14-21(6-12-30-15-21)28-8-10-29-11-9-28)26-16-5-7-27(13-16)19-17(22)3-2-4-18(19)23;/h2-4,16H,5-15H2,1H3,(H2,24,25,26);1H. The van der Waals surface area contributed by atoms with Gasteiger partial charge in [0.25, 0.3) is 0 Å². The number of guanidine groups is 1. The number of rotatable bonds is 5. The SMILES string of the molecule is CN=C(NCC1(N2CCOCC2)CCSC1)NC1CCN(c2c(F)cccc2F)C1.I. The molecule has 174 valence electrons. The molecular formula is C21H32F2IN5OS. The monoisotopic (exact) mass is 567 g/mol. The molecule has 3 fully saturated rings. The summed E-state index contributed by atoms with van der Waals surface area (Å²) in [5.74, 6) is 2.02. The van der Waals surface area contributed by atoms with Crippen molar-refractivity contribution in [3.63, 3.8) is 0 Å². The van der Waals surface area contributed by atoms with Crippen molar-refractivity contribution in [2.75, 3.05) is 69.4 Å². The van der Waals surface area contributed by atoms with Crippen LogP contribution in [-0.4, -0.2) is 86.9 Å². The highest BCUT2D eigenvalue weighted by atomic mass is 127. The van der Waals surface area contributed by atoms with E-state index >= 15 is 0 Å². The number of nitrogens with one attached hydrogen (secondary N) is 2. The van der Waals surface area contributed by atoms with Crippen LogP contribution in [0.5, 0.6) is 0 Å². The van der Waals surface area contributed by atoms with E-state index in [2.05, 4.69) is 20.5 Å². The van der Waals surface area contributed by atoms with Crippen molar-refractivity contribution >= 4 is 47.4 Å². The van der Waals surface area contributed by atoms with Crippen LogP contribution in [0.1, 0.15) is 12.8 Å². The van der Waals surface area contributed by atoms with Crippen molar-refractivity contribution in [3.8, 4) is 0 Å². The van der Waals surface area contributed by atoms with Crippen molar-refractivity contribution in [1.29, 1.82) is 0 Å². The lowest BCUT2D eigenvalue weighted by atomic mass is 9.95. The molecule has 0 bridgehead atoms. The summed E-state index contributed by atoms with van der Waals surface area (Å²) in [6.45, 7) is 5.52. The van der Waals surface area contributed by atoms with Crippen LogP contribution in [0.4, 0.5) is 14.5 Å². The zero-order chi connectivity index (χ0) is 21.0. The Labute approximate surface area is 204 Å². The van der Waals surface area contributed by atoms with Gasteiger partial charge in [-0.1, -0.05) is 6.07 Å². The van der Waals surface area contributed by atoms with Gasteiger partial charge in [0.05, 0.1) is 13.2 Å². The van der Waals surface area contributed by atoms with Crippen LogP contribution < -0.4 is 15.5 Å². The predicted molar refractivity (Wildman–Crippen MR) is 134 cm³/mol. The minimum Gasteiger partial charge on any atom is -0.379 e. The molecule has 1 aromatic carbocycles. The van der Waals surface area contributed by atoms with Crippen LogP contribution in [0.15, 0.2) is 23.2 Å². The Kier molecular flexibility index (Phi) is 9.06. The first-order valence-corrected chi connectivity index (χ1v) is 11.8. The average Bonchev–Trinajstić information content (AvgIpc) is 3.42. The van der Waals surface area contributed by atoms with Gasteiger partial charge in [-0.25, -0.2) is 8.78 Å². The first kappa shape index (κ1) is 24.8. The Balaban J connectivity index is 0.00000272. The van der Waals surface area contributed by atoms with E-state index in [1.807, 2.05) is 11.8 Å². The third kappa shape index (κ3) is 5.75. The normalized spacial score (nSPS) is 27.3. The number of aliphatic imine (C=N–C) groups is 1. The van der Waals surface area contributed by atoms with E-state index in [0.717, 1.165) is 57.4 Å².